The van der Waals surface area contributed by atoms with Crippen LogP contribution in [0.15, 0.2) is 23.3 Å². The highest BCUT2D eigenvalue weighted by Crippen LogP contribution is 2.07. The van der Waals surface area contributed by atoms with Gasteiger partial charge in [0.05, 0.1) is 0 Å². The normalized spacial score (nSPS) is 12.8. The van der Waals surface area contributed by atoms with Crippen molar-refractivity contribution in [1.82, 2.24) is 0 Å². The zero-order chi connectivity index (χ0) is 11.7. The monoisotopic (exact) mass is 210 g/mol. The van der Waals surface area contributed by atoms with Crippen molar-refractivity contribution in [3.05, 3.63) is 23.3 Å². The summed E-state index contributed by atoms with van der Waals surface area (Å²) < 4.78 is 4.96. The maximum atomic E-state index is 10.9. The molecule has 0 unspecified atom stereocenters. The molecule has 86 valence electrons. The van der Waals surface area contributed by atoms with Crippen LogP contribution in [0.25, 0.3) is 0 Å². The minimum Gasteiger partial charge on any atom is -0.461 e. The number of ether oxygens (including phenoxy) is 1. The van der Waals surface area contributed by atoms with Gasteiger partial charge in [0.15, 0.2) is 0 Å². The maximum absolute atomic E-state index is 10.9. The van der Waals surface area contributed by atoms with E-state index in [0.717, 1.165) is 12.0 Å². The molecule has 0 radical (unpaired) electrons. The van der Waals surface area contributed by atoms with E-state index >= 15 is 0 Å². The quantitative estimate of drug-likeness (QED) is 0.494. The van der Waals surface area contributed by atoms with Crippen LogP contribution in [0.4, 0.5) is 0 Å². The Morgan fingerprint density at radius 1 is 1.27 bits per heavy atom. The predicted molar refractivity (Wildman–Crippen MR) is 63.7 cm³/mol. The molecule has 0 aromatic heterocycles. The molecule has 15 heavy (non-hydrogen) atoms. The van der Waals surface area contributed by atoms with Crippen LogP contribution in [0.3, 0.4) is 0 Å². The second-order valence-electron chi connectivity index (χ2n) is 3.73. The Balaban J connectivity index is 3.98. The van der Waals surface area contributed by atoms with Crippen molar-refractivity contribution in [3.8, 4) is 0 Å². The van der Waals surface area contributed by atoms with Gasteiger partial charge < -0.3 is 4.74 Å². The van der Waals surface area contributed by atoms with E-state index in [2.05, 4.69) is 19.9 Å². The van der Waals surface area contributed by atoms with Crippen molar-refractivity contribution in [2.24, 2.45) is 0 Å². The standard InChI is InChI=1S/C13H22O2/c1-5-7-11(3)10-12(4)8-9-15-13(14)6-2/h8,10H,5-7,9H2,1-4H3/b11-10+,12-8+. The Bertz CT molecular complexity index is 249. The molecular formula is C13H22O2. The lowest BCUT2D eigenvalue weighted by atomic mass is 10.1. The third-order valence-corrected chi connectivity index (χ3v) is 2.06. The molecule has 0 N–H and O–H groups in total. The van der Waals surface area contributed by atoms with Crippen LogP contribution < -0.4 is 0 Å². The fourth-order valence-electron chi connectivity index (χ4n) is 1.28. The Morgan fingerprint density at radius 2 is 1.93 bits per heavy atom. The number of hydrogen-bond donors (Lipinski definition) is 0. The smallest absolute Gasteiger partial charge is 0.305 e. The van der Waals surface area contributed by atoms with Crippen molar-refractivity contribution < 1.29 is 9.53 Å². The van der Waals surface area contributed by atoms with Crippen molar-refractivity contribution in [2.75, 3.05) is 6.61 Å². The highest BCUT2D eigenvalue weighted by atomic mass is 16.5. The third kappa shape index (κ3) is 7.98. The molecular weight excluding hydrogens is 188 g/mol. The first-order chi connectivity index (χ1) is 7.10. The predicted octanol–water partition coefficient (Wildman–Crippen LogP) is 3.63. The Kier molecular flexibility index (Phi) is 7.69. The van der Waals surface area contributed by atoms with E-state index in [4.69, 9.17) is 4.74 Å². The van der Waals surface area contributed by atoms with E-state index in [-0.39, 0.29) is 5.97 Å². The summed E-state index contributed by atoms with van der Waals surface area (Å²) in [4.78, 5) is 10.9. The molecule has 2 nitrogen and oxygen atoms in total. The molecule has 0 fully saturated rings. The van der Waals surface area contributed by atoms with Crippen molar-refractivity contribution in [3.63, 3.8) is 0 Å². The van der Waals surface area contributed by atoms with E-state index in [1.165, 1.54) is 12.0 Å². The fourth-order valence-corrected chi connectivity index (χ4v) is 1.28. The molecule has 0 aliphatic carbocycles. The van der Waals surface area contributed by atoms with Crippen LogP contribution >= 0.6 is 0 Å². The summed E-state index contributed by atoms with van der Waals surface area (Å²) in [5.74, 6) is -0.145. The molecule has 0 saturated carbocycles. The largest absolute Gasteiger partial charge is 0.461 e. The topological polar surface area (TPSA) is 26.3 Å². The Hall–Kier alpha value is -1.05. The van der Waals surface area contributed by atoms with E-state index < -0.39 is 0 Å². The van der Waals surface area contributed by atoms with Crippen LogP contribution in [-0.4, -0.2) is 12.6 Å². The van der Waals surface area contributed by atoms with Crippen LogP contribution in [0.5, 0.6) is 0 Å². The average Bonchev–Trinajstić information content (AvgIpc) is 2.17. The molecule has 0 aromatic carbocycles. The molecule has 0 heterocycles. The number of rotatable bonds is 6. The summed E-state index contributed by atoms with van der Waals surface area (Å²) >= 11 is 0. The molecule has 0 aliphatic heterocycles. The summed E-state index contributed by atoms with van der Waals surface area (Å²) in [7, 11) is 0. The molecule has 0 atom stereocenters. The van der Waals surface area contributed by atoms with E-state index in [9.17, 15) is 4.79 Å². The van der Waals surface area contributed by atoms with Gasteiger partial charge in [0, 0.05) is 6.42 Å². The zero-order valence-corrected chi connectivity index (χ0v) is 10.3. The Morgan fingerprint density at radius 3 is 2.47 bits per heavy atom. The zero-order valence-electron chi connectivity index (χ0n) is 10.3. The molecule has 0 amide bonds. The highest BCUT2D eigenvalue weighted by Gasteiger charge is 1.95. The van der Waals surface area contributed by atoms with E-state index in [1.54, 1.807) is 6.92 Å². The van der Waals surface area contributed by atoms with Gasteiger partial charge in [-0.15, -0.1) is 0 Å². The van der Waals surface area contributed by atoms with Gasteiger partial charge in [-0.05, 0) is 26.3 Å². The molecule has 0 saturated heterocycles. The fraction of sp³-hybridized carbons (Fsp3) is 0.615. The number of esters is 1. The Labute approximate surface area is 93.0 Å². The number of allylic oxidation sites excluding steroid dienone is 3. The van der Waals surface area contributed by atoms with Crippen molar-refractivity contribution in [2.45, 2.75) is 47.0 Å². The van der Waals surface area contributed by atoms with Crippen LogP contribution in [0.1, 0.15) is 47.0 Å². The summed E-state index contributed by atoms with van der Waals surface area (Å²) in [6.07, 6.45) is 6.81. The van der Waals surface area contributed by atoms with Gasteiger partial charge in [0.1, 0.15) is 6.61 Å². The molecule has 0 rings (SSSR count). The summed E-state index contributed by atoms with van der Waals surface area (Å²) in [5.41, 5.74) is 2.53. The summed E-state index contributed by atoms with van der Waals surface area (Å²) in [6, 6.07) is 0. The average molecular weight is 210 g/mol. The van der Waals surface area contributed by atoms with Crippen molar-refractivity contribution in [1.29, 1.82) is 0 Å². The SMILES string of the molecule is CCC/C(C)=C/C(C)=C/COC(=O)CC. The van der Waals surface area contributed by atoms with Gasteiger partial charge in [-0.25, -0.2) is 0 Å². The second kappa shape index (κ2) is 8.27. The van der Waals surface area contributed by atoms with Crippen molar-refractivity contribution >= 4 is 5.97 Å². The van der Waals surface area contributed by atoms with E-state index in [1.807, 2.05) is 13.0 Å². The van der Waals surface area contributed by atoms with Gasteiger partial charge in [-0.3, -0.25) is 4.79 Å². The molecule has 0 spiro atoms. The lowest BCUT2D eigenvalue weighted by Gasteiger charge is -2.01. The van der Waals surface area contributed by atoms with Gasteiger partial charge in [-0.2, -0.15) is 0 Å². The summed E-state index contributed by atoms with van der Waals surface area (Å²) in [6.45, 7) is 8.50. The second-order valence-corrected chi connectivity index (χ2v) is 3.73. The van der Waals surface area contributed by atoms with Gasteiger partial charge in [-0.1, -0.05) is 37.5 Å². The van der Waals surface area contributed by atoms with Crippen LogP contribution in [0, 0.1) is 0 Å². The first-order valence-corrected chi connectivity index (χ1v) is 5.59. The number of hydrogen-bond acceptors (Lipinski definition) is 2. The molecule has 0 aromatic rings. The molecule has 0 aliphatic rings. The van der Waals surface area contributed by atoms with Crippen LogP contribution in [0.2, 0.25) is 0 Å². The van der Waals surface area contributed by atoms with Gasteiger partial charge >= 0.3 is 5.97 Å². The summed E-state index contributed by atoms with van der Waals surface area (Å²) in [5, 5.41) is 0. The maximum Gasteiger partial charge on any atom is 0.305 e. The third-order valence-electron chi connectivity index (χ3n) is 2.06. The minimum atomic E-state index is -0.145. The van der Waals surface area contributed by atoms with Gasteiger partial charge in [0.2, 0.25) is 0 Å². The minimum absolute atomic E-state index is 0.145. The lowest BCUT2D eigenvalue weighted by Crippen LogP contribution is -2.01. The van der Waals surface area contributed by atoms with E-state index in [0.29, 0.717) is 13.0 Å². The van der Waals surface area contributed by atoms with Crippen LogP contribution in [-0.2, 0) is 9.53 Å². The first kappa shape index (κ1) is 13.9. The number of carbonyl (C=O) groups is 1. The molecule has 2 heteroatoms. The van der Waals surface area contributed by atoms with Gasteiger partial charge in [0.25, 0.3) is 0 Å². The molecule has 0 bridgehead atoms. The first-order valence-electron chi connectivity index (χ1n) is 5.59. The lowest BCUT2D eigenvalue weighted by molar-refractivity contribution is -0.141. The number of carbonyl (C=O) groups excluding carboxylic acids is 1. The highest BCUT2D eigenvalue weighted by molar-refractivity contribution is 5.68.